The molecule has 0 aromatic heterocycles. The number of hydrogen-bond acceptors (Lipinski definition) is 10. The van der Waals surface area contributed by atoms with Crippen molar-refractivity contribution in [1.82, 2.24) is 0 Å². The minimum atomic E-state index is -3.30. The van der Waals surface area contributed by atoms with E-state index < -0.39 is 58.3 Å². The molecule has 7 N–H and O–H groups in total. The molecule has 1 aliphatic rings. The summed E-state index contributed by atoms with van der Waals surface area (Å²) in [6, 6.07) is 1.81. The van der Waals surface area contributed by atoms with E-state index in [1.165, 1.54) is 0 Å². The number of allylic oxidation sites excluding steroid dienone is 1. The van der Waals surface area contributed by atoms with Gasteiger partial charge in [-0.1, -0.05) is 0 Å². The second-order valence-corrected chi connectivity index (χ2v) is 5.75. The van der Waals surface area contributed by atoms with Crippen LogP contribution in [-0.4, -0.2) is 59.1 Å². The molecule has 0 saturated heterocycles. The van der Waals surface area contributed by atoms with Gasteiger partial charge in [-0.3, -0.25) is 9.59 Å². The van der Waals surface area contributed by atoms with E-state index in [0.29, 0.717) is 12.2 Å². The molecule has 1 aliphatic heterocycles. The zero-order chi connectivity index (χ0) is 19.9. The number of fused-ring (bicyclic) bond motifs is 1. The number of rotatable bonds is 0. The summed E-state index contributed by atoms with van der Waals surface area (Å²) in [5.74, 6) is -12.6. The fourth-order valence-corrected chi connectivity index (χ4v) is 2.30. The molecule has 140 valence electrons. The molecule has 0 spiro atoms. The molecule has 0 amide bonds. The van der Waals surface area contributed by atoms with Gasteiger partial charge in [-0.25, -0.2) is 0 Å². The molecule has 26 heavy (non-hydrogen) atoms. The second kappa shape index (κ2) is 6.33. The van der Waals surface area contributed by atoms with Crippen LogP contribution in [0, 0.1) is 0 Å². The Kier molecular flexibility index (Phi) is 4.69. The molecule has 0 bridgehead atoms. The molecule has 10 heteroatoms. The second-order valence-electron chi connectivity index (χ2n) is 5.75. The number of esters is 1. The van der Waals surface area contributed by atoms with Crippen molar-refractivity contribution in [2.24, 2.45) is 0 Å². The van der Waals surface area contributed by atoms with E-state index in [1.807, 2.05) is 0 Å². The zero-order valence-corrected chi connectivity index (χ0v) is 13.4. The molecule has 1 aromatic rings. The van der Waals surface area contributed by atoms with Gasteiger partial charge in [0, 0.05) is 13.0 Å². The number of ether oxygens (including phenoxy) is 1. The minimum Gasteiger partial charge on any atom is -0.508 e. The van der Waals surface area contributed by atoms with Gasteiger partial charge in [-0.2, -0.15) is 0 Å². The fraction of sp³-hybridized carbons (Fsp3) is 0.250. The zero-order valence-electron chi connectivity index (χ0n) is 13.4. The highest BCUT2D eigenvalue weighted by molar-refractivity contribution is 6.08. The lowest BCUT2D eigenvalue weighted by Gasteiger charge is -2.27. The lowest BCUT2D eigenvalue weighted by molar-refractivity contribution is -0.201. The topological polar surface area (TPSA) is 185 Å². The van der Waals surface area contributed by atoms with Crippen LogP contribution in [0.1, 0.15) is 22.8 Å². The van der Waals surface area contributed by atoms with Gasteiger partial charge in [-0.15, -0.1) is 0 Å². The van der Waals surface area contributed by atoms with Gasteiger partial charge < -0.3 is 40.5 Å². The van der Waals surface area contributed by atoms with Gasteiger partial charge in [0.25, 0.3) is 5.79 Å². The van der Waals surface area contributed by atoms with Crippen LogP contribution in [0.3, 0.4) is 0 Å². The number of aliphatic hydroxyl groups is 5. The normalized spacial score (nSPS) is 27.7. The van der Waals surface area contributed by atoms with E-state index in [-0.39, 0.29) is 5.56 Å². The lowest BCUT2D eigenvalue weighted by atomic mass is 9.97. The maximum Gasteiger partial charge on any atom is 0.313 e. The molecule has 0 fully saturated rings. The molecular weight excluding hydrogens is 352 g/mol. The summed E-state index contributed by atoms with van der Waals surface area (Å²) in [6.07, 6.45) is 0.224. The van der Waals surface area contributed by atoms with Crippen LogP contribution in [0.4, 0.5) is 0 Å². The van der Waals surface area contributed by atoms with Crippen LogP contribution in [0.25, 0.3) is 0 Å². The van der Waals surface area contributed by atoms with Crippen LogP contribution in [-0.2, 0) is 16.0 Å². The Hall–Kier alpha value is -3.08. The van der Waals surface area contributed by atoms with E-state index >= 15 is 0 Å². The molecule has 10 nitrogen and oxygen atoms in total. The smallest absolute Gasteiger partial charge is 0.313 e. The van der Waals surface area contributed by atoms with Gasteiger partial charge in [0.05, 0.1) is 12.0 Å². The number of aliphatic hydroxyl groups excluding tert-OH is 2. The van der Waals surface area contributed by atoms with Gasteiger partial charge >= 0.3 is 5.97 Å². The number of carbonyl (C=O) groups is 2. The highest BCUT2D eigenvalue weighted by Gasteiger charge is 2.40. The number of carbonyl (C=O) groups excluding carboxylic acids is 2. The van der Waals surface area contributed by atoms with Crippen LogP contribution in [0.2, 0.25) is 0 Å². The summed E-state index contributed by atoms with van der Waals surface area (Å²) in [7, 11) is 0. The predicted octanol–water partition coefficient (Wildman–Crippen LogP) is -0.347. The monoisotopic (exact) mass is 368 g/mol. The molecule has 0 aliphatic carbocycles. The molecule has 2 rings (SSSR count). The van der Waals surface area contributed by atoms with E-state index in [1.54, 1.807) is 0 Å². The number of ketones is 1. The summed E-state index contributed by atoms with van der Waals surface area (Å²) >= 11 is 0. The van der Waals surface area contributed by atoms with Crippen LogP contribution in [0.15, 0.2) is 35.8 Å². The summed E-state index contributed by atoms with van der Waals surface area (Å²) in [6.45, 7) is 0.744. The van der Waals surface area contributed by atoms with Crippen molar-refractivity contribution in [3.8, 4) is 11.5 Å². The Morgan fingerprint density at radius 1 is 1.00 bits per heavy atom. The summed E-state index contributed by atoms with van der Waals surface area (Å²) in [4.78, 5) is 24.3. The summed E-state index contributed by atoms with van der Waals surface area (Å²) < 4.78 is 4.59. The molecule has 0 unspecified atom stereocenters. The predicted molar refractivity (Wildman–Crippen MR) is 83.1 cm³/mol. The Balaban J connectivity index is 2.70. The van der Waals surface area contributed by atoms with E-state index in [4.69, 9.17) is 0 Å². The van der Waals surface area contributed by atoms with Crippen molar-refractivity contribution in [3.05, 3.63) is 46.9 Å². The maximum atomic E-state index is 12.3. The van der Waals surface area contributed by atoms with Crippen molar-refractivity contribution < 1.29 is 50.1 Å². The third kappa shape index (κ3) is 3.61. The first kappa shape index (κ1) is 19.2. The van der Waals surface area contributed by atoms with Gasteiger partial charge in [0.1, 0.15) is 11.5 Å². The van der Waals surface area contributed by atoms with Crippen molar-refractivity contribution in [2.75, 3.05) is 0 Å². The standard InChI is InChI=1S/C16H16O10/c1-15(23)13(21)14(22)16(24,25)3-2-9(18)12-7(5-11(20)26-15)4-8(17)6-10(12)19/h2-4,6,17,19,21-25H,5H2,1H3/b3-2-,14-13-/t15-/m0/s1. The summed E-state index contributed by atoms with van der Waals surface area (Å²) in [5.41, 5.74) is -0.632. The molecule has 1 heterocycles. The number of hydrogen-bond donors (Lipinski definition) is 7. The Morgan fingerprint density at radius 2 is 1.62 bits per heavy atom. The average Bonchev–Trinajstić information content (AvgIpc) is 2.49. The molecular formula is C16H16O10. The molecule has 0 radical (unpaired) electrons. The quantitative estimate of drug-likeness (QED) is 0.236. The largest absolute Gasteiger partial charge is 0.508 e. The number of phenolic OH excluding ortho intramolecular Hbond substituents is 2. The van der Waals surface area contributed by atoms with Gasteiger partial charge in [0.15, 0.2) is 5.78 Å². The highest BCUT2D eigenvalue weighted by atomic mass is 16.7. The lowest BCUT2D eigenvalue weighted by Crippen LogP contribution is -2.39. The Labute approximate surface area is 146 Å². The third-order valence-electron chi connectivity index (χ3n) is 3.56. The Morgan fingerprint density at radius 3 is 2.23 bits per heavy atom. The SMILES string of the molecule is C[C@]1(O)OC(=O)Cc2cc(O)cc(O)c2C(=O)/C=C\C(O)(O)/C(O)=C\1O. The first-order chi connectivity index (χ1) is 11.8. The van der Waals surface area contributed by atoms with Gasteiger partial charge in [-0.05, 0) is 23.8 Å². The average molecular weight is 368 g/mol. The number of aromatic hydroxyl groups is 2. The van der Waals surface area contributed by atoms with Crippen LogP contribution < -0.4 is 0 Å². The number of phenols is 2. The maximum absolute atomic E-state index is 12.3. The van der Waals surface area contributed by atoms with E-state index in [0.717, 1.165) is 19.1 Å². The van der Waals surface area contributed by atoms with Crippen molar-refractivity contribution in [1.29, 1.82) is 0 Å². The number of cyclic esters (lactones) is 1. The third-order valence-corrected chi connectivity index (χ3v) is 3.56. The van der Waals surface area contributed by atoms with Crippen LogP contribution in [0.5, 0.6) is 11.5 Å². The van der Waals surface area contributed by atoms with Crippen LogP contribution >= 0.6 is 0 Å². The van der Waals surface area contributed by atoms with E-state index in [9.17, 15) is 45.3 Å². The highest BCUT2D eigenvalue weighted by Crippen LogP contribution is 2.31. The molecule has 1 aromatic carbocycles. The Bertz CT molecular complexity index is 832. The number of benzene rings is 1. The summed E-state index contributed by atoms with van der Waals surface area (Å²) in [5, 5.41) is 68.4. The first-order valence-corrected chi connectivity index (χ1v) is 7.15. The molecule has 1 atom stereocenters. The van der Waals surface area contributed by atoms with Gasteiger partial charge in [0.2, 0.25) is 17.3 Å². The van der Waals surface area contributed by atoms with Crippen molar-refractivity contribution >= 4 is 11.8 Å². The minimum absolute atomic E-state index is 0.187. The van der Waals surface area contributed by atoms with Crippen molar-refractivity contribution in [2.45, 2.75) is 24.9 Å². The first-order valence-electron chi connectivity index (χ1n) is 7.15. The molecule has 0 saturated carbocycles. The fourth-order valence-electron chi connectivity index (χ4n) is 2.30. The van der Waals surface area contributed by atoms with E-state index in [2.05, 4.69) is 4.74 Å². The van der Waals surface area contributed by atoms with Crippen molar-refractivity contribution in [3.63, 3.8) is 0 Å².